The SMILES string of the molecule is CCOc1ccc(Cn2cc(NC(=O)c3c(Br)cnn3C)cn2)cc1OCC. The lowest BCUT2D eigenvalue weighted by Crippen LogP contribution is -2.16. The number of nitrogens with one attached hydrogen (secondary N) is 1. The molecule has 0 aliphatic carbocycles. The molecule has 1 N–H and O–H groups in total. The molecule has 1 aromatic carbocycles. The Hall–Kier alpha value is -2.81. The third-order valence-electron chi connectivity index (χ3n) is 3.95. The van der Waals surface area contributed by atoms with Gasteiger partial charge >= 0.3 is 0 Å². The molecule has 8 nitrogen and oxygen atoms in total. The van der Waals surface area contributed by atoms with Crippen LogP contribution in [0.1, 0.15) is 29.9 Å². The molecule has 0 aliphatic heterocycles. The number of ether oxygens (including phenoxy) is 2. The molecule has 2 heterocycles. The molecular formula is C19H22BrN5O3. The summed E-state index contributed by atoms with van der Waals surface area (Å²) < 4.78 is 15.2. The number of amides is 1. The van der Waals surface area contributed by atoms with Crippen molar-refractivity contribution in [3.05, 3.63) is 52.5 Å². The van der Waals surface area contributed by atoms with Crippen molar-refractivity contribution in [2.75, 3.05) is 18.5 Å². The molecule has 0 spiro atoms. The molecule has 0 atom stereocenters. The lowest BCUT2D eigenvalue weighted by Gasteiger charge is -2.12. The minimum absolute atomic E-state index is 0.258. The highest BCUT2D eigenvalue weighted by Gasteiger charge is 2.16. The highest BCUT2D eigenvalue weighted by Crippen LogP contribution is 2.29. The number of anilines is 1. The van der Waals surface area contributed by atoms with E-state index >= 15 is 0 Å². The fraction of sp³-hybridized carbons (Fsp3) is 0.316. The third-order valence-corrected chi connectivity index (χ3v) is 4.53. The average Bonchev–Trinajstić information content (AvgIpc) is 3.23. The van der Waals surface area contributed by atoms with Crippen molar-refractivity contribution >= 4 is 27.5 Å². The Bertz CT molecular complexity index is 947. The van der Waals surface area contributed by atoms with Crippen molar-refractivity contribution in [2.45, 2.75) is 20.4 Å². The van der Waals surface area contributed by atoms with E-state index in [9.17, 15) is 4.79 Å². The van der Waals surface area contributed by atoms with Gasteiger partial charge in [0.15, 0.2) is 11.5 Å². The van der Waals surface area contributed by atoms with Crippen LogP contribution in [-0.2, 0) is 13.6 Å². The molecule has 2 aromatic heterocycles. The Morgan fingerprint density at radius 3 is 2.57 bits per heavy atom. The van der Waals surface area contributed by atoms with Gasteiger partial charge in [-0.3, -0.25) is 14.2 Å². The Balaban J connectivity index is 1.71. The first kappa shape index (κ1) is 19.9. The predicted molar refractivity (Wildman–Crippen MR) is 109 cm³/mol. The molecule has 0 fully saturated rings. The molecule has 0 radical (unpaired) electrons. The van der Waals surface area contributed by atoms with Gasteiger partial charge in [0, 0.05) is 13.2 Å². The highest BCUT2D eigenvalue weighted by atomic mass is 79.9. The number of aryl methyl sites for hydroxylation is 1. The predicted octanol–water partition coefficient (Wildman–Crippen LogP) is 3.48. The molecule has 148 valence electrons. The number of halogens is 1. The van der Waals surface area contributed by atoms with Gasteiger partial charge < -0.3 is 14.8 Å². The van der Waals surface area contributed by atoms with E-state index in [1.54, 1.807) is 30.3 Å². The van der Waals surface area contributed by atoms with Crippen LogP contribution in [0.5, 0.6) is 11.5 Å². The smallest absolute Gasteiger partial charge is 0.275 e. The Kier molecular flexibility index (Phi) is 6.35. The van der Waals surface area contributed by atoms with Gasteiger partial charge in [-0.15, -0.1) is 0 Å². The molecular weight excluding hydrogens is 426 g/mol. The van der Waals surface area contributed by atoms with Crippen molar-refractivity contribution in [2.24, 2.45) is 7.05 Å². The van der Waals surface area contributed by atoms with Gasteiger partial charge in [0.25, 0.3) is 5.91 Å². The topological polar surface area (TPSA) is 83.2 Å². The summed E-state index contributed by atoms with van der Waals surface area (Å²) >= 11 is 3.33. The number of benzene rings is 1. The van der Waals surface area contributed by atoms with Gasteiger partial charge in [-0.1, -0.05) is 6.07 Å². The van der Waals surface area contributed by atoms with Gasteiger partial charge in [0.05, 0.1) is 42.3 Å². The molecule has 9 heteroatoms. The lowest BCUT2D eigenvalue weighted by molar-refractivity contribution is 0.101. The number of hydrogen-bond donors (Lipinski definition) is 1. The van der Waals surface area contributed by atoms with E-state index < -0.39 is 0 Å². The number of carbonyl (C=O) groups is 1. The van der Waals surface area contributed by atoms with E-state index in [1.165, 1.54) is 4.68 Å². The van der Waals surface area contributed by atoms with Crippen LogP contribution in [0.15, 0.2) is 41.3 Å². The fourth-order valence-corrected chi connectivity index (χ4v) is 3.28. The minimum atomic E-state index is -0.258. The van der Waals surface area contributed by atoms with E-state index in [1.807, 2.05) is 32.0 Å². The quantitative estimate of drug-likeness (QED) is 0.571. The van der Waals surface area contributed by atoms with E-state index in [4.69, 9.17) is 9.47 Å². The summed E-state index contributed by atoms with van der Waals surface area (Å²) in [5.74, 6) is 1.18. The number of aromatic nitrogens is 4. The zero-order chi connectivity index (χ0) is 20.1. The molecule has 1 amide bonds. The largest absolute Gasteiger partial charge is 0.490 e. The van der Waals surface area contributed by atoms with E-state index in [0.717, 1.165) is 11.3 Å². The molecule has 3 aromatic rings. The van der Waals surface area contributed by atoms with Crippen LogP contribution in [-0.4, -0.2) is 38.7 Å². The number of nitrogens with zero attached hydrogens (tertiary/aromatic N) is 4. The molecule has 0 saturated carbocycles. The molecule has 0 aliphatic rings. The van der Waals surface area contributed by atoms with Crippen molar-refractivity contribution in [3.63, 3.8) is 0 Å². The van der Waals surface area contributed by atoms with Gasteiger partial charge in [-0.05, 0) is 47.5 Å². The summed E-state index contributed by atoms with van der Waals surface area (Å²) in [5, 5.41) is 11.2. The highest BCUT2D eigenvalue weighted by molar-refractivity contribution is 9.10. The van der Waals surface area contributed by atoms with Gasteiger partial charge in [0.1, 0.15) is 5.69 Å². The van der Waals surface area contributed by atoms with E-state index in [2.05, 4.69) is 31.4 Å². The number of rotatable bonds is 8. The maximum absolute atomic E-state index is 12.4. The maximum atomic E-state index is 12.4. The van der Waals surface area contributed by atoms with Crippen LogP contribution < -0.4 is 14.8 Å². The van der Waals surface area contributed by atoms with Crippen molar-refractivity contribution in [3.8, 4) is 11.5 Å². The molecule has 0 unspecified atom stereocenters. The van der Waals surface area contributed by atoms with Crippen LogP contribution in [0.2, 0.25) is 0 Å². The summed E-state index contributed by atoms with van der Waals surface area (Å²) in [4.78, 5) is 12.4. The molecule has 28 heavy (non-hydrogen) atoms. The van der Waals surface area contributed by atoms with Gasteiger partial charge in [-0.25, -0.2) is 0 Å². The number of hydrogen-bond acceptors (Lipinski definition) is 5. The molecule has 3 rings (SSSR count). The first-order chi connectivity index (χ1) is 13.5. The van der Waals surface area contributed by atoms with E-state index in [0.29, 0.717) is 41.4 Å². The number of carbonyl (C=O) groups excluding carboxylic acids is 1. The normalized spacial score (nSPS) is 10.7. The standard InChI is InChI=1S/C19H22BrN5O3/c1-4-27-16-7-6-13(8-17(16)28-5-2)11-25-12-14(9-22-25)23-19(26)18-15(20)10-21-24(18)3/h6-10,12H,4-5,11H2,1-3H3,(H,23,26). The minimum Gasteiger partial charge on any atom is -0.490 e. The zero-order valence-electron chi connectivity index (χ0n) is 16.0. The Morgan fingerprint density at radius 1 is 1.14 bits per heavy atom. The Morgan fingerprint density at radius 2 is 1.89 bits per heavy atom. The summed E-state index contributed by atoms with van der Waals surface area (Å²) in [5.41, 5.74) is 2.07. The van der Waals surface area contributed by atoms with Crippen molar-refractivity contribution in [1.29, 1.82) is 0 Å². The van der Waals surface area contributed by atoms with Gasteiger partial charge in [0.2, 0.25) is 0 Å². The average molecular weight is 448 g/mol. The molecule has 0 bridgehead atoms. The summed E-state index contributed by atoms with van der Waals surface area (Å²) in [6.45, 7) is 5.55. The van der Waals surface area contributed by atoms with Crippen LogP contribution in [0.4, 0.5) is 5.69 Å². The second-order valence-corrected chi connectivity index (χ2v) is 6.85. The first-order valence-electron chi connectivity index (χ1n) is 8.91. The maximum Gasteiger partial charge on any atom is 0.275 e. The van der Waals surface area contributed by atoms with Crippen LogP contribution >= 0.6 is 15.9 Å². The first-order valence-corrected chi connectivity index (χ1v) is 9.71. The lowest BCUT2D eigenvalue weighted by atomic mass is 10.2. The van der Waals surface area contributed by atoms with Crippen LogP contribution in [0, 0.1) is 0 Å². The summed E-state index contributed by atoms with van der Waals surface area (Å²) in [6, 6.07) is 5.82. The Labute approximate surface area is 171 Å². The molecule has 0 saturated heterocycles. The van der Waals surface area contributed by atoms with Crippen LogP contribution in [0.3, 0.4) is 0 Å². The van der Waals surface area contributed by atoms with Crippen molar-refractivity contribution < 1.29 is 14.3 Å². The van der Waals surface area contributed by atoms with Crippen molar-refractivity contribution in [1.82, 2.24) is 19.6 Å². The monoisotopic (exact) mass is 447 g/mol. The fourth-order valence-electron chi connectivity index (χ4n) is 2.75. The van der Waals surface area contributed by atoms with Gasteiger partial charge in [-0.2, -0.15) is 10.2 Å². The van der Waals surface area contributed by atoms with E-state index in [-0.39, 0.29) is 5.91 Å². The second-order valence-electron chi connectivity index (χ2n) is 5.99. The second kappa shape index (κ2) is 8.92. The summed E-state index contributed by atoms with van der Waals surface area (Å²) in [6.07, 6.45) is 4.97. The zero-order valence-corrected chi connectivity index (χ0v) is 17.6. The van der Waals surface area contributed by atoms with Crippen LogP contribution in [0.25, 0.3) is 0 Å². The third kappa shape index (κ3) is 4.53. The summed E-state index contributed by atoms with van der Waals surface area (Å²) in [7, 11) is 1.71.